The number of nitrogens with one attached hydrogen (secondary N) is 1. The van der Waals surface area contributed by atoms with Gasteiger partial charge in [0, 0.05) is 6.42 Å². The molecule has 0 aromatic rings. The highest BCUT2D eigenvalue weighted by atomic mass is 16.5. The van der Waals surface area contributed by atoms with Gasteiger partial charge in [0.05, 0.1) is 25.2 Å². The van der Waals surface area contributed by atoms with Gasteiger partial charge in [-0.1, -0.05) is 252 Å². The highest BCUT2D eigenvalue weighted by Crippen LogP contribution is 2.19. The standard InChI is InChI=1S/C51H101NO5/c1-4-7-10-13-16-18-20-22-23-24-25-26-27-28-30-32-35-38-41-44-51(56)57-47(42-39-36-33-15-12-9-6-3)45-50(55)52-48(46-53)49(54)43-40-37-34-31-29-21-19-17-14-11-8-5-2/h47-49,53-54H,4-46H2,1-3H3,(H,52,55). The summed E-state index contributed by atoms with van der Waals surface area (Å²) in [5.41, 5.74) is 0. The fourth-order valence-corrected chi connectivity index (χ4v) is 8.26. The predicted octanol–water partition coefficient (Wildman–Crippen LogP) is 15.2. The topological polar surface area (TPSA) is 95.9 Å². The third-order valence-electron chi connectivity index (χ3n) is 12.2. The smallest absolute Gasteiger partial charge is 0.306 e. The molecule has 0 rings (SSSR count). The van der Waals surface area contributed by atoms with Crippen LogP contribution in [0.15, 0.2) is 0 Å². The Morgan fingerprint density at radius 3 is 1.07 bits per heavy atom. The first-order valence-electron chi connectivity index (χ1n) is 25.8. The molecule has 0 saturated heterocycles. The number of aliphatic hydroxyl groups excluding tert-OH is 2. The lowest BCUT2D eigenvalue weighted by Crippen LogP contribution is -2.46. The predicted molar refractivity (Wildman–Crippen MR) is 246 cm³/mol. The third-order valence-corrected chi connectivity index (χ3v) is 12.2. The Bertz CT molecular complexity index is 821. The lowest BCUT2D eigenvalue weighted by molar-refractivity contribution is -0.151. The van der Waals surface area contributed by atoms with Crippen molar-refractivity contribution in [1.82, 2.24) is 5.32 Å². The molecule has 57 heavy (non-hydrogen) atoms. The Morgan fingerprint density at radius 2 is 0.737 bits per heavy atom. The monoisotopic (exact) mass is 808 g/mol. The van der Waals surface area contributed by atoms with E-state index >= 15 is 0 Å². The van der Waals surface area contributed by atoms with E-state index in [4.69, 9.17) is 4.74 Å². The van der Waals surface area contributed by atoms with E-state index in [1.807, 2.05) is 0 Å². The number of hydrogen-bond donors (Lipinski definition) is 3. The molecule has 6 heteroatoms. The zero-order valence-electron chi connectivity index (χ0n) is 38.8. The highest BCUT2D eigenvalue weighted by molar-refractivity contribution is 5.77. The molecule has 0 aliphatic carbocycles. The molecular formula is C51H101NO5. The molecule has 0 heterocycles. The van der Waals surface area contributed by atoms with Gasteiger partial charge < -0.3 is 20.3 Å². The quantitative estimate of drug-likeness (QED) is 0.0420. The maximum atomic E-state index is 13.1. The van der Waals surface area contributed by atoms with Crippen molar-refractivity contribution < 1.29 is 24.5 Å². The fourth-order valence-electron chi connectivity index (χ4n) is 8.26. The van der Waals surface area contributed by atoms with Crippen LogP contribution in [0.5, 0.6) is 0 Å². The van der Waals surface area contributed by atoms with Gasteiger partial charge in [-0.3, -0.25) is 9.59 Å². The van der Waals surface area contributed by atoms with Crippen molar-refractivity contribution in [3.8, 4) is 0 Å². The number of carbonyl (C=O) groups excluding carboxylic acids is 2. The zero-order chi connectivity index (χ0) is 41.7. The number of amides is 1. The molecule has 0 aliphatic heterocycles. The summed E-state index contributed by atoms with van der Waals surface area (Å²) in [5.74, 6) is -0.458. The Labute approximate surface area is 356 Å². The molecule has 0 bridgehead atoms. The number of unbranched alkanes of at least 4 members (excludes halogenated alkanes) is 35. The summed E-state index contributed by atoms with van der Waals surface area (Å²) < 4.78 is 5.90. The minimum Gasteiger partial charge on any atom is -0.462 e. The van der Waals surface area contributed by atoms with Gasteiger partial charge in [-0.25, -0.2) is 0 Å². The number of hydrogen-bond acceptors (Lipinski definition) is 5. The molecule has 1 amide bonds. The molecule has 0 aliphatic rings. The summed E-state index contributed by atoms with van der Waals surface area (Å²) in [6.45, 7) is 6.48. The van der Waals surface area contributed by atoms with E-state index in [9.17, 15) is 19.8 Å². The minimum atomic E-state index is -0.777. The van der Waals surface area contributed by atoms with Crippen molar-refractivity contribution in [1.29, 1.82) is 0 Å². The first kappa shape index (κ1) is 55.9. The van der Waals surface area contributed by atoms with Crippen LogP contribution in [-0.2, 0) is 14.3 Å². The lowest BCUT2D eigenvalue weighted by atomic mass is 10.0. The molecule has 0 fully saturated rings. The summed E-state index contributed by atoms with van der Waals surface area (Å²) in [5, 5.41) is 23.7. The van der Waals surface area contributed by atoms with Crippen molar-refractivity contribution in [3.05, 3.63) is 0 Å². The van der Waals surface area contributed by atoms with E-state index in [0.717, 1.165) is 38.5 Å². The van der Waals surface area contributed by atoms with Crippen LogP contribution in [0.1, 0.15) is 290 Å². The van der Waals surface area contributed by atoms with Gasteiger partial charge in [-0.2, -0.15) is 0 Å². The van der Waals surface area contributed by atoms with Crippen LogP contribution >= 0.6 is 0 Å². The second-order valence-corrected chi connectivity index (χ2v) is 17.9. The molecule has 0 radical (unpaired) electrons. The molecule has 6 nitrogen and oxygen atoms in total. The van der Waals surface area contributed by atoms with E-state index in [1.54, 1.807) is 0 Å². The van der Waals surface area contributed by atoms with Crippen LogP contribution in [0.3, 0.4) is 0 Å². The van der Waals surface area contributed by atoms with Crippen LogP contribution in [0.2, 0.25) is 0 Å². The van der Waals surface area contributed by atoms with Gasteiger partial charge in [0.1, 0.15) is 6.10 Å². The van der Waals surface area contributed by atoms with E-state index in [1.165, 1.54) is 205 Å². The summed E-state index contributed by atoms with van der Waals surface area (Å²) in [4.78, 5) is 26.0. The summed E-state index contributed by atoms with van der Waals surface area (Å²) in [6.07, 6.45) is 49.0. The number of aliphatic hydroxyl groups is 2. The van der Waals surface area contributed by atoms with E-state index in [0.29, 0.717) is 19.3 Å². The zero-order valence-corrected chi connectivity index (χ0v) is 38.8. The fraction of sp³-hybridized carbons (Fsp3) is 0.961. The van der Waals surface area contributed by atoms with Crippen molar-refractivity contribution in [3.63, 3.8) is 0 Å². The number of ether oxygens (including phenoxy) is 1. The van der Waals surface area contributed by atoms with E-state index in [2.05, 4.69) is 26.1 Å². The molecule has 0 aromatic heterocycles. The van der Waals surface area contributed by atoms with E-state index in [-0.39, 0.29) is 24.9 Å². The largest absolute Gasteiger partial charge is 0.462 e. The highest BCUT2D eigenvalue weighted by Gasteiger charge is 2.24. The molecule has 340 valence electrons. The van der Waals surface area contributed by atoms with Crippen molar-refractivity contribution >= 4 is 11.9 Å². The molecular weight excluding hydrogens is 707 g/mol. The average molecular weight is 808 g/mol. The van der Waals surface area contributed by atoms with Crippen LogP contribution in [0.25, 0.3) is 0 Å². The Hall–Kier alpha value is -1.14. The van der Waals surface area contributed by atoms with Crippen LogP contribution in [-0.4, -0.2) is 46.9 Å². The molecule has 0 saturated carbocycles. The Morgan fingerprint density at radius 1 is 0.439 bits per heavy atom. The second kappa shape index (κ2) is 45.9. The third kappa shape index (κ3) is 41.4. The molecule has 3 unspecified atom stereocenters. The summed E-state index contributed by atoms with van der Waals surface area (Å²) >= 11 is 0. The number of carbonyl (C=O) groups is 2. The summed E-state index contributed by atoms with van der Waals surface area (Å²) in [6, 6.07) is -0.690. The Balaban J connectivity index is 4.27. The SMILES string of the molecule is CCCCCCCCCCCCCCCCCCCCCC(=O)OC(CCCCCCCCC)CC(=O)NC(CO)C(O)CCCCCCCCCCCCCC. The van der Waals surface area contributed by atoms with Gasteiger partial charge in [0.15, 0.2) is 0 Å². The van der Waals surface area contributed by atoms with E-state index < -0.39 is 18.2 Å². The van der Waals surface area contributed by atoms with Crippen LogP contribution < -0.4 is 5.32 Å². The van der Waals surface area contributed by atoms with Crippen LogP contribution in [0, 0.1) is 0 Å². The minimum absolute atomic E-state index is 0.0859. The first-order chi connectivity index (χ1) is 28.0. The normalized spacial score (nSPS) is 13.1. The van der Waals surface area contributed by atoms with Crippen LogP contribution in [0.4, 0.5) is 0 Å². The average Bonchev–Trinajstić information content (AvgIpc) is 3.20. The van der Waals surface area contributed by atoms with Crippen molar-refractivity contribution in [2.45, 2.75) is 309 Å². The molecule has 0 aromatic carbocycles. The second-order valence-electron chi connectivity index (χ2n) is 17.9. The Kier molecular flexibility index (Phi) is 45.0. The van der Waals surface area contributed by atoms with Gasteiger partial charge in [-0.15, -0.1) is 0 Å². The van der Waals surface area contributed by atoms with Crippen molar-refractivity contribution in [2.24, 2.45) is 0 Å². The van der Waals surface area contributed by atoms with Gasteiger partial charge in [0.2, 0.25) is 5.91 Å². The maximum Gasteiger partial charge on any atom is 0.306 e. The molecule has 3 atom stereocenters. The lowest BCUT2D eigenvalue weighted by Gasteiger charge is -2.24. The number of rotatable bonds is 47. The van der Waals surface area contributed by atoms with Gasteiger partial charge in [-0.05, 0) is 25.7 Å². The molecule has 0 spiro atoms. The maximum absolute atomic E-state index is 13.1. The molecule has 3 N–H and O–H groups in total. The first-order valence-corrected chi connectivity index (χ1v) is 25.8. The number of esters is 1. The summed E-state index contributed by atoms with van der Waals surface area (Å²) in [7, 11) is 0. The van der Waals surface area contributed by atoms with Gasteiger partial charge in [0.25, 0.3) is 0 Å². The van der Waals surface area contributed by atoms with Gasteiger partial charge >= 0.3 is 5.97 Å². The van der Waals surface area contributed by atoms with Crippen molar-refractivity contribution in [2.75, 3.05) is 6.61 Å².